The van der Waals surface area contributed by atoms with Crippen LogP contribution in [0.1, 0.15) is 19.4 Å². The lowest BCUT2D eigenvalue weighted by Crippen LogP contribution is -2.18. The van der Waals surface area contributed by atoms with E-state index in [1.165, 1.54) is 6.08 Å². The molecule has 3 nitrogen and oxygen atoms in total. The number of ether oxygens (including phenoxy) is 1. The van der Waals surface area contributed by atoms with E-state index < -0.39 is 5.97 Å². The molecule has 0 radical (unpaired) electrons. The summed E-state index contributed by atoms with van der Waals surface area (Å²) in [6, 6.07) is 7.18. The number of aliphatic carboxylic acids is 1. The van der Waals surface area contributed by atoms with E-state index in [9.17, 15) is 9.90 Å². The first-order chi connectivity index (χ1) is 7.08. The number of benzene rings is 1. The summed E-state index contributed by atoms with van der Waals surface area (Å²) in [6.07, 6.45) is 2.61. The largest absolute Gasteiger partial charge is 0.545 e. The van der Waals surface area contributed by atoms with Crippen LogP contribution in [0.4, 0.5) is 0 Å². The smallest absolute Gasteiger partial charge is 0.119 e. The van der Waals surface area contributed by atoms with Gasteiger partial charge in [0.25, 0.3) is 0 Å². The zero-order valence-electron chi connectivity index (χ0n) is 8.77. The number of rotatable bonds is 4. The minimum Gasteiger partial charge on any atom is -0.545 e. The van der Waals surface area contributed by atoms with Crippen molar-refractivity contribution in [2.45, 2.75) is 20.0 Å². The third-order valence-corrected chi connectivity index (χ3v) is 1.66. The van der Waals surface area contributed by atoms with Crippen LogP contribution in [0.25, 0.3) is 6.08 Å². The summed E-state index contributed by atoms with van der Waals surface area (Å²) in [5, 5.41) is 10.2. The maximum absolute atomic E-state index is 10.2. The number of carbonyl (C=O) groups excluding carboxylic acids is 1. The third-order valence-electron chi connectivity index (χ3n) is 1.66. The van der Waals surface area contributed by atoms with E-state index in [1.807, 2.05) is 13.8 Å². The number of hydrogen-bond donors (Lipinski definition) is 0. The Balaban J connectivity index is 2.68. The molecule has 0 fully saturated rings. The highest BCUT2D eigenvalue weighted by atomic mass is 16.5. The monoisotopic (exact) mass is 205 g/mol. The van der Waals surface area contributed by atoms with E-state index in [-0.39, 0.29) is 6.10 Å². The van der Waals surface area contributed by atoms with Crippen LogP contribution in [-0.4, -0.2) is 12.1 Å². The lowest BCUT2D eigenvalue weighted by Gasteiger charge is -2.09. The highest BCUT2D eigenvalue weighted by Crippen LogP contribution is 2.14. The van der Waals surface area contributed by atoms with E-state index in [0.717, 1.165) is 17.4 Å². The van der Waals surface area contributed by atoms with E-state index in [2.05, 4.69) is 0 Å². The fraction of sp³-hybridized carbons (Fsp3) is 0.250. The first-order valence-electron chi connectivity index (χ1n) is 4.73. The van der Waals surface area contributed by atoms with Crippen LogP contribution < -0.4 is 9.84 Å². The molecule has 0 unspecified atom stereocenters. The first kappa shape index (κ1) is 11.3. The van der Waals surface area contributed by atoms with Crippen molar-refractivity contribution in [1.82, 2.24) is 0 Å². The van der Waals surface area contributed by atoms with Crippen molar-refractivity contribution in [1.29, 1.82) is 0 Å². The lowest BCUT2D eigenvalue weighted by atomic mass is 10.2. The van der Waals surface area contributed by atoms with Gasteiger partial charge >= 0.3 is 0 Å². The van der Waals surface area contributed by atoms with Crippen LogP contribution in [-0.2, 0) is 4.79 Å². The Kier molecular flexibility index (Phi) is 3.92. The Hall–Kier alpha value is -1.77. The van der Waals surface area contributed by atoms with Crippen molar-refractivity contribution in [3.8, 4) is 5.75 Å². The second kappa shape index (κ2) is 5.20. The maximum Gasteiger partial charge on any atom is 0.119 e. The van der Waals surface area contributed by atoms with Gasteiger partial charge in [0, 0.05) is 0 Å². The molecule has 0 aliphatic heterocycles. The summed E-state index contributed by atoms with van der Waals surface area (Å²) in [6.45, 7) is 3.90. The number of carboxylic acid groups (broad SMARTS) is 1. The minimum atomic E-state index is -1.20. The average Bonchev–Trinajstić information content (AvgIpc) is 2.16. The van der Waals surface area contributed by atoms with E-state index >= 15 is 0 Å². The number of carboxylic acids is 1. The van der Waals surface area contributed by atoms with Gasteiger partial charge in [-0.1, -0.05) is 18.2 Å². The lowest BCUT2D eigenvalue weighted by molar-refractivity contribution is -0.297. The van der Waals surface area contributed by atoms with Gasteiger partial charge in [-0.2, -0.15) is 0 Å². The molecule has 0 aromatic heterocycles. The zero-order valence-corrected chi connectivity index (χ0v) is 8.77. The normalized spacial score (nSPS) is 10.9. The van der Waals surface area contributed by atoms with Gasteiger partial charge in [-0.15, -0.1) is 0 Å². The molecule has 0 bridgehead atoms. The molecule has 80 valence electrons. The topological polar surface area (TPSA) is 49.4 Å². The molecule has 0 spiro atoms. The molecule has 0 aliphatic rings. The van der Waals surface area contributed by atoms with Crippen molar-refractivity contribution in [3.63, 3.8) is 0 Å². The van der Waals surface area contributed by atoms with Gasteiger partial charge in [-0.3, -0.25) is 0 Å². The first-order valence-corrected chi connectivity index (χ1v) is 4.73. The summed E-state index contributed by atoms with van der Waals surface area (Å²) in [5.74, 6) is -0.423. The molecular weight excluding hydrogens is 192 g/mol. The third kappa shape index (κ3) is 4.31. The van der Waals surface area contributed by atoms with E-state index in [1.54, 1.807) is 24.3 Å². The minimum absolute atomic E-state index is 0.134. The van der Waals surface area contributed by atoms with Crippen LogP contribution >= 0.6 is 0 Å². The van der Waals surface area contributed by atoms with Gasteiger partial charge in [0.1, 0.15) is 5.75 Å². The second-order valence-corrected chi connectivity index (χ2v) is 3.39. The Bertz CT molecular complexity index is 350. The van der Waals surface area contributed by atoms with Gasteiger partial charge in [0.2, 0.25) is 0 Å². The van der Waals surface area contributed by atoms with Crippen molar-refractivity contribution in [2.75, 3.05) is 0 Å². The van der Waals surface area contributed by atoms with Gasteiger partial charge < -0.3 is 14.6 Å². The fourth-order valence-electron chi connectivity index (χ4n) is 1.09. The summed E-state index contributed by atoms with van der Waals surface area (Å²) in [7, 11) is 0. The molecule has 0 saturated heterocycles. The van der Waals surface area contributed by atoms with Crippen LogP contribution in [0, 0.1) is 0 Å². The molecule has 1 aromatic rings. The fourth-order valence-corrected chi connectivity index (χ4v) is 1.09. The molecular formula is C12H13O3-. The summed E-state index contributed by atoms with van der Waals surface area (Å²) in [4.78, 5) is 10.2. The molecule has 15 heavy (non-hydrogen) atoms. The zero-order chi connectivity index (χ0) is 11.3. The maximum atomic E-state index is 10.2. The second-order valence-electron chi connectivity index (χ2n) is 3.39. The van der Waals surface area contributed by atoms with Crippen LogP contribution in [0.2, 0.25) is 0 Å². The average molecular weight is 205 g/mol. The Morgan fingerprint density at radius 1 is 1.33 bits per heavy atom. The summed E-state index contributed by atoms with van der Waals surface area (Å²) < 4.78 is 5.44. The van der Waals surface area contributed by atoms with Crippen molar-refractivity contribution < 1.29 is 14.6 Å². The van der Waals surface area contributed by atoms with Crippen LogP contribution in [0.15, 0.2) is 30.3 Å². The van der Waals surface area contributed by atoms with Gasteiger partial charge in [0.05, 0.1) is 12.1 Å². The number of carbonyl (C=O) groups is 1. The number of hydrogen-bond acceptors (Lipinski definition) is 3. The molecule has 0 N–H and O–H groups in total. The molecule has 0 heterocycles. The van der Waals surface area contributed by atoms with Crippen LogP contribution in [0.3, 0.4) is 0 Å². The molecule has 3 heteroatoms. The molecule has 1 aromatic carbocycles. The van der Waals surface area contributed by atoms with Crippen LogP contribution in [0.5, 0.6) is 5.75 Å². The molecule has 0 atom stereocenters. The Morgan fingerprint density at radius 2 is 1.93 bits per heavy atom. The summed E-state index contributed by atoms with van der Waals surface area (Å²) in [5.41, 5.74) is 0.801. The van der Waals surface area contributed by atoms with E-state index in [4.69, 9.17) is 4.74 Å². The quantitative estimate of drug-likeness (QED) is 0.695. The van der Waals surface area contributed by atoms with Crippen molar-refractivity contribution >= 4 is 12.0 Å². The molecule has 1 rings (SSSR count). The molecule has 0 saturated carbocycles. The van der Waals surface area contributed by atoms with Crippen molar-refractivity contribution in [3.05, 3.63) is 35.9 Å². The summed E-state index contributed by atoms with van der Waals surface area (Å²) >= 11 is 0. The predicted octanol–water partition coefficient (Wildman–Crippen LogP) is 1.24. The molecule has 0 aliphatic carbocycles. The highest BCUT2D eigenvalue weighted by Gasteiger charge is 1.95. The standard InChI is InChI=1S/C12H14O3/c1-9(2)15-11-6-3-10(4-7-11)5-8-12(13)14/h3-9H,1-2H3,(H,13,14)/p-1. The predicted molar refractivity (Wildman–Crippen MR) is 56.2 cm³/mol. The van der Waals surface area contributed by atoms with Crippen molar-refractivity contribution in [2.24, 2.45) is 0 Å². The highest BCUT2D eigenvalue weighted by molar-refractivity contribution is 5.83. The van der Waals surface area contributed by atoms with Gasteiger partial charge in [0.15, 0.2) is 0 Å². The Labute approximate surface area is 89.0 Å². The van der Waals surface area contributed by atoms with Gasteiger partial charge in [-0.25, -0.2) is 0 Å². The SMILES string of the molecule is CC(C)Oc1ccc(C=CC(=O)[O-])cc1. The van der Waals surface area contributed by atoms with E-state index in [0.29, 0.717) is 0 Å². The molecule has 0 amide bonds. The van der Waals surface area contributed by atoms with Gasteiger partial charge in [-0.05, 0) is 37.6 Å². The Morgan fingerprint density at radius 3 is 2.40 bits per heavy atom.